The molecule has 2 heterocycles. The minimum Gasteiger partial charge on any atom is -0.497 e. The van der Waals surface area contributed by atoms with E-state index >= 15 is 0 Å². The topological polar surface area (TPSA) is 66.9 Å². The van der Waals surface area contributed by atoms with E-state index in [1.807, 2.05) is 24.3 Å². The molecule has 1 atom stereocenters. The van der Waals surface area contributed by atoms with Crippen LogP contribution in [0.5, 0.6) is 11.5 Å². The van der Waals surface area contributed by atoms with Gasteiger partial charge in [0, 0.05) is 30.7 Å². The van der Waals surface area contributed by atoms with E-state index in [-0.39, 0.29) is 10.8 Å². The first kappa shape index (κ1) is 23.7. The average Bonchev–Trinajstić information content (AvgIpc) is 2.83. The van der Waals surface area contributed by atoms with Crippen molar-refractivity contribution in [2.75, 3.05) is 39.9 Å². The second-order valence-electron chi connectivity index (χ2n) is 8.25. The van der Waals surface area contributed by atoms with E-state index in [9.17, 15) is 9.50 Å². The fraction of sp³-hybridized carbons (Fsp3) is 0.400. The van der Waals surface area contributed by atoms with Crippen molar-refractivity contribution in [3.8, 4) is 11.5 Å². The summed E-state index contributed by atoms with van der Waals surface area (Å²) in [4.78, 5) is 6.69. The van der Waals surface area contributed by atoms with Gasteiger partial charge in [-0.3, -0.25) is 4.98 Å². The van der Waals surface area contributed by atoms with Crippen LogP contribution in [0.1, 0.15) is 24.5 Å². The van der Waals surface area contributed by atoms with Crippen molar-refractivity contribution < 1.29 is 19.0 Å². The Hall–Kier alpha value is -2.45. The molecule has 0 aliphatic carbocycles. The Balaban J connectivity index is 1.23. The van der Waals surface area contributed by atoms with Crippen molar-refractivity contribution in [1.29, 1.82) is 0 Å². The Morgan fingerprint density at radius 2 is 2.03 bits per heavy atom. The van der Waals surface area contributed by atoms with Crippen molar-refractivity contribution in [2.45, 2.75) is 25.0 Å². The maximum absolute atomic E-state index is 13.1. The van der Waals surface area contributed by atoms with Crippen molar-refractivity contribution in [3.63, 3.8) is 0 Å². The van der Waals surface area contributed by atoms with E-state index in [4.69, 9.17) is 21.1 Å². The summed E-state index contributed by atoms with van der Waals surface area (Å²) in [6.07, 6.45) is 3.13. The molecule has 176 valence electrons. The number of nitrogens with zero attached hydrogens (tertiary/aromatic N) is 2. The molecule has 2 aromatic carbocycles. The molecule has 1 aliphatic rings. The minimum absolute atomic E-state index is 0.280. The average molecular weight is 474 g/mol. The van der Waals surface area contributed by atoms with Gasteiger partial charge in [0.15, 0.2) is 0 Å². The van der Waals surface area contributed by atoms with Gasteiger partial charge in [0.1, 0.15) is 23.9 Å². The molecule has 0 bridgehead atoms. The van der Waals surface area contributed by atoms with E-state index in [1.54, 1.807) is 19.4 Å². The molecule has 6 nitrogen and oxygen atoms in total. The Bertz CT molecular complexity index is 1080. The van der Waals surface area contributed by atoms with Gasteiger partial charge in [-0.15, -0.1) is 0 Å². The molecule has 0 amide bonds. The summed E-state index contributed by atoms with van der Waals surface area (Å²) in [5.41, 5.74) is 1.72. The Morgan fingerprint density at radius 3 is 2.79 bits per heavy atom. The second kappa shape index (κ2) is 11.1. The first-order valence-electron chi connectivity index (χ1n) is 11.2. The number of aliphatic hydroxyl groups excluding tert-OH is 1. The molecular weight excluding hydrogens is 445 g/mol. The molecule has 1 aromatic heterocycles. The number of fused-ring (bicyclic) bond motifs is 1. The Kier molecular flexibility index (Phi) is 7.98. The standard InChI is InChI=1S/C25H29ClFN3O3/c1-32-19-3-4-23-21(15-19)20(6-9-29-23)24(31)16-30-11-7-18(8-12-30)28-10-13-33-25-5-2-17(27)14-22(25)26/h2-6,9,14-15,18,24,28,31H,7-8,10-13,16H2,1H3/t24-/m0/s1. The van der Waals surface area contributed by atoms with Crippen molar-refractivity contribution in [2.24, 2.45) is 0 Å². The van der Waals surface area contributed by atoms with Gasteiger partial charge in [-0.2, -0.15) is 0 Å². The number of aliphatic hydroxyl groups is 1. The fourth-order valence-electron chi connectivity index (χ4n) is 4.24. The van der Waals surface area contributed by atoms with Gasteiger partial charge in [0.05, 0.1) is 23.8 Å². The van der Waals surface area contributed by atoms with Crippen LogP contribution in [0.3, 0.4) is 0 Å². The SMILES string of the molecule is COc1ccc2nccc([C@@H](O)CN3CCC(NCCOc4ccc(F)cc4Cl)CC3)c2c1. The van der Waals surface area contributed by atoms with Gasteiger partial charge < -0.3 is 24.8 Å². The summed E-state index contributed by atoms with van der Waals surface area (Å²) in [7, 11) is 1.63. The summed E-state index contributed by atoms with van der Waals surface area (Å²) >= 11 is 5.99. The van der Waals surface area contributed by atoms with Crippen molar-refractivity contribution >= 4 is 22.5 Å². The molecule has 33 heavy (non-hydrogen) atoms. The number of β-amino-alcohol motifs (C(OH)–C–C–N with tert-alkyl or cyclic N) is 1. The summed E-state index contributed by atoms with van der Waals surface area (Å²) in [5, 5.41) is 15.7. The smallest absolute Gasteiger partial charge is 0.138 e. The monoisotopic (exact) mass is 473 g/mol. The van der Waals surface area contributed by atoms with Gasteiger partial charge in [-0.1, -0.05) is 11.6 Å². The van der Waals surface area contributed by atoms with Gasteiger partial charge >= 0.3 is 0 Å². The van der Waals surface area contributed by atoms with E-state index < -0.39 is 6.10 Å². The van der Waals surface area contributed by atoms with Gasteiger partial charge in [0.2, 0.25) is 0 Å². The highest BCUT2D eigenvalue weighted by Gasteiger charge is 2.22. The molecular formula is C25H29ClFN3O3. The van der Waals surface area contributed by atoms with Crippen LogP contribution in [-0.2, 0) is 0 Å². The second-order valence-corrected chi connectivity index (χ2v) is 8.66. The highest BCUT2D eigenvalue weighted by atomic mass is 35.5. The lowest BCUT2D eigenvalue weighted by atomic mass is 10.0. The zero-order valence-corrected chi connectivity index (χ0v) is 19.4. The largest absolute Gasteiger partial charge is 0.497 e. The maximum Gasteiger partial charge on any atom is 0.138 e. The lowest BCUT2D eigenvalue weighted by Gasteiger charge is -2.33. The highest BCUT2D eigenvalue weighted by Crippen LogP contribution is 2.28. The molecule has 1 aliphatic heterocycles. The third-order valence-electron chi connectivity index (χ3n) is 6.05. The van der Waals surface area contributed by atoms with Crippen LogP contribution in [0.15, 0.2) is 48.7 Å². The number of benzene rings is 2. The number of nitrogens with one attached hydrogen (secondary N) is 1. The van der Waals surface area contributed by atoms with Crippen LogP contribution in [0.2, 0.25) is 5.02 Å². The summed E-state index contributed by atoms with van der Waals surface area (Å²) < 4.78 is 24.1. The lowest BCUT2D eigenvalue weighted by molar-refractivity contribution is 0.0946. The quantitative estimate of drug-likeness (QED) is 0.454. The molecule has 3 aromatic rings. The van der Waals surface area contributed by atoms with Crippen LogP contribution >= 0.6 is 11.6 Å². The first-order chi connectivity index (χ1) is 16.0. The molecule has 1 fully saturated rings. The van der Waals surface area contributed by atoms with Crippen molar-refractivity contribution in [3.05, 3.63) is 65.1 Å². The van der Waals surface area contributed by atoms with E-state index in [1.165, 1.54) is 12.1 Å². The number of hydrogen-bond acceptors (Lipinski definition) is 6. The number of halogens is 2. The highest BCUT2D eigenvalue weighted by molar-refractivity contribution is 6.32. The molecule has 1 saturated heterocycles. The number of piperidine rings is 1. The molecule has 8 heteroatoms. The molecule has 2 N–H and O–H groups in total. The van der Waals surface area contributed by atoms with E-state index in [0.717, 1.165) is 48.1 Å². The third-order valence-corrected chi connectivity index (χ3v) is 6.34. The van der Waals surface area contributed by atoms with Crippen LogP contribution in [0.4, 0.5) is 4.39 Å². The van der Waals surface area contributed by atoms with E-state index in [2.05, 4.69) is 15.2 Å². The van der Waals surface area contributed by atoms with E-state index in [0.29, 0.717) is 31.5 Å². The van der Waals surface area contributed by atoms with Crippen molar-refractivity contribution in [1.82, 2.24) is 15.2 Å². The predicted octanol–water partition coefficient (Wildman–Crippen LogP) is 4.20. The number of likely N-dealkylation sites (tertiary alicyclic amines) is 1. The first-order valence-corrected chi connectivity index (χ1v) is 11.6. The maximum atomic E-state index is 13.1. The third kappa shape index (κ3) is 6.12. The van der Waals surface area contributed by atoms with Gasteiger partial charge in [-0.25, -0.2) is 4.39 Å². The molecule has 0 unspecified atom stereocenters. The normalized spacial score (nSPS) is 16.1. The predicted molar refractivity (Wildman–Crippen MR) is 128 cm³/mol. The van der Waals surface area contributed by atoms with Gasteiger partial charge in [-0.05, 0) is 74.0 Å². The number of methoxy groups -OCH3 is 1. The molecule has 0 radical (unpaired) electrons. The Morgan fingerprint density at radius 1 is 1.21 bits per heavy atom. The van der Waals surface area contributed by atoms with Crippen LogP contribution < -0.4 is 14.8 Å². The summed E-state index contributed by atoms with van der Waals surface area (Å²) in [6, 6.07) is 12.1. The summed E-state index contributed by atoms with van der Waals surface area (Å²) in [5.74, 6) is 0.866. The number of rotatable bonds is 9. The fourth-order valence-corrected chi connectivity index (χ4v) is 4.46. The number of pyridine rings is 1. The summed E-state index contributed by atoms with van der Waals surface area (Å²) in [6.45, 7) is 3.54. The van der Waals surface area contributed by atoms with Gasteiger partial charge in [0.25, 0.3) is 0 Å². The molecule has 4 rings (SSSR count). The molecule has 0 saturated carbocycles. The zero-order chi connectivity index (χ0) is 23.2. The number of hydrogen-bond donors (Lipinski definition) is 2. The van der Waals surface area contributed by atoms with Crippen LogP contribution in [0.25, 0.3) is 10.9 Å². The van der Waals surface area contributed by atoms with Crippen LogP contribution in [-0.4, -0.2) is 60.9 Å². The minimum atomic E-state index is -0.596. The van der Waals surface area contributed by atoms with Crippen LogP contribution in [0, 0.1) is 5.82 Å². The molecule has 0 spiro atoms. The Labute approximate surface area is 198 Å². The number of aromatic nitrogens is 1. The number of ether oxygens (including phenoxy) is 2. The lowest BCUT2D eigenvalue weighted by Crippen LogP contribution is -2.44. The zero-order valence-electron chi connectivity index (χ0n) is 18.6.